The van der Waals surface area contributed by atoms with Gasteiger partial charge in [0.15, 0.2) is 0 Å². The van der Waals surface area contributed by atoms with Crippen LogP contribution < -0.4 is 50.9 Å². The Morgan fingerprint density at radius 2 is 0.538 bits per heavy atom. The first-order chi connectivity index (χ1) is 17.1. The van der Waals surface area contributed by atoms with E-state index in [0.717, 1.165) is 0 Å². The molecule has 0 amide bonds. The third-order valence-electron chi connectivity index (χ3n) is 8.78. The highest BCUT2D eigenvalue weighted by Crippen LogP contribution is 2.15. The monoisotopic (exact) mass is 749 g/mol. The van der Waals surface area contributed by atoms with E-state index in [-0.39, 0.29) is 50.9 Å². The van der Waals surface area contributed by atoms with Gasteiger partial charge in [0.05, 0.1) is 54.9 Å². The van der Waals surface area contributed by atoms with E-state index in [9.17, 15) is 0 Å². The van der Waals surface area contributed by atoms with Gasteiger partial charge in [-0.1, -0.05) is 97.8 Å². The molecule has 0 spiro atoms. The van der Waals surface area contributed by atoms with Crippen LogP contribution in [0.4, 0.5) is 0 Å². The molecule has 39 heavy (non-hydrogen) atoms. The van der Waals surface area contributed by atoms with Gasteiger partial charge in [0.2, 0.25) is 0 Å². The lowest BCUT2D eigenvalue weighted by atomic mass is 10.1. The van der Waals surface area contributed by atoms with Crippen molar-refractivity contribution in [1.82, 2.24) is 0 Å². The molecular weight excluding hydrogens is 678 g/mol. The van der Waals surface area contributed by atoms with Crippen LogP contribution >= 0.6 is 0 Å². The maximum absolute atomic E-state index is 2.58. The van der Waals surface area contributed by atoms with E-state index in [4.69, 9.17) is 0 Å². The molecule has 6 heteroatoms. The molecule has 0 radical (unpaired) electrons. The average molecular weight is 753 g/mol. The van der Waals surface area contributed by atoms with Crippen molar-refractivity contribution in [3.8, 4) is 0 Å². The van der Waals surface area contributed by atoms with Crippen LogP contribution in [0.3, 0.4) is 0 Å². The Bertz CT molecular complexity index is 455. The molecule has 0 aliphatic carbocycles. The normalized spacial score (nSPS) is 12.0. The first-order valence-electron chi connectivity index (χ1n) is 16.6. The number of nitrogens with zero attached hydrogens (tertiary/aromatic N) is 3. The average Bonchev–Trinajstić information content (AvgIpc) is 2.83. The van der Waals surface area contributed by atoms with Crippen molar-refractivity contribution in [3.05, 3.63) is 0 Å². The molecule has 0 N–H and O–H groups in total. The standard InChI is InChI=1S/C33H74N3.3BrH/c1-9-12-15-18-21-24-27-34(4,5)30-32-36(8,29-26-23-20-17-14-11-3)33-31-35(6,7)28-25-22-19-16-13-10-2;;;/h9-33H2,1-8H3;3*1H/q+3;;;/p-3. The molecule has 0 rings (SSSR count). The smallest absolute Gasteiger partial charge is 0.128 e. The topological polar surface area (TPSA) is 0 Å². The molecule has 0 bridgehead atoms. The van der Waals surface area contributed by atoms with Crippen LogP contribution in [0.2, 0.25) is 0 Å². The predicted octanol–water partition coefficient (Wildman–Crippen LogP) is -0.321. The minimum absolute atomic E-state index is 0. The van der Waals surface area contributed by atoms with E-state index in [1.807, 2.05) is 0 Å². The SMILES string of the molecule is CCCCCCCC[N+](C)(C)CC[N+](C)(CCCCCCCC)CC[N+](C)(C)CCCCCCCC.[Br-].[Br-].[Br-]. The van der Waals surface area contributed by atoms with Crippen LogP contribution in [0.1, 0.15) is 136 Å². The third-order valence-corrected chi connectivity index (χ3v) is 8.78. The zero-order valence-electron chi connectivity index (χ0n) is 28.2. The second-order valence-electron chi connectivity index (χ2n) is 13.9. The van der Waals surface area contributed by atoms with Crippen molar-refractivity contribution in [2.75, 3.05) is 81.1 Å². The van der Waals surface area contributed by atoms with Gasteiger partial charge in [-0.25, -0.2) is 0 Å². The highest BCUT2D eigenvalue weighted by Gasteiger charge is 2.29. The second kappa shape index (κ2) is 29.4. The fourth-order valence-corrected chi connectivity index (χ4v) is 5.50. The van der Waals surface area contributed by atoms with Gasteiger partial charge < -0.3 is 64.4 Å². The van der Waals surface area contributed by atoms with Gasteiger partial charge in [0, 0.05) is 0 Å². The molecule has 0 aromatic carbocycles. The highest BCUT2D eigenvalue weighted by atomic mass is 79.9. The number of quaternary nitrogens is 3. The van der Waals surface area contributed by atoms with E-state index in [1.165, 1.54) is 175 Å². The molecule has 0 heterocycles. The lowest BCUT2D eigenvalue weighted by molar-refractivity contribution is -0.977. The van der Waals surface area contributed by atoms with E-state index in [0.29, 0.717) is 0 Å². The van der Waals surface area contributed by atoms with Crippen molar-refractivity contribution in [2.24, 2.45) is 0 Å². The fraction of sp³-hybridized carbons (Fsp3) is 1.00. The first kappa shape index (κ1) is 47.3. The maximum Gasteiger partial charge on any atom is 0.128 e. The molecule has 0 aromatic heterocycles. The molecule has 0 unspecified atom stereocenters. The summed E-state index contributed by atoms with van der Waals surface area (Å²) in [5, 5.41) is 0. The zero-order valence-corrected chi connectivity index (χ0v) is 32.9. The molecular formula is C33H74Br3N3. The van der Waals surface area contributed by atoms with Crippen molar-refractivity contribution < 1.29 is 64.4 Å². The van der Waals surface area contributed by atoms with Crippen LogP contribution in [0.5, 0.6) is 0 Å². The molecule has 0 saturated carbocycles. The van der Waals surface area contributed by atoms with Crippen LogP contribution in [-0.4, -0.2) is 94.5 Å². The Balaban J connectivity index is -0.00000204. The van der Waals surface area contributed by atoms with E-state index in [1.54, 1.807) is 0 Å². The summed E-state index contributed by atoms with van der Waals surface area (Å²) in [5.74, 6) is 0. The van der Waals surface area contributed by atoms with Gasteiger partial charge in [-0.3, -0.25) is 0 Å². The van der Waals surface area contributed by atoms with Gasteiger partial charge in [-0.05, 0) is 38.5 Å². The Hall–Kier alpha value is 1.32. The van der Waals surface area contributed by atoms with E-state index < -0.39 is 0 Å². The summed E-state index contributed by atoms with van der Waals surface area (Å²) >= 11 is 0. The van der Waals surface area contributed by atoms with Gasteiger partial charge in [0.1, 0.15) is 26.2 Å². The molecule has 0 aromatic rings. The summed E-state index contributed by atoms with van der Waals surface area (Å²) in [6.07, 6.45) is 25.4. The Morgan fingerprint density at radius 1 is 0.282 bits per heavy atom. The largest absolute Gasteiger partial charge is 1.00 e. The number of halogens is 3. The third kappa shape index (κ3) is 30.6. The molecule has 0 saturated heterocycles. The molecule has 3 nitrogen and oxygen atoms in total. The predicted molar refractivity (Wildman–Crippen MR) is 165 cm³/mol. The summed E-state index contributed by atoms with van der Waals surface area (Å²) in [5.41, 5.74) is 0. The molecule has 0 aliphatic heterocycles. The number of unbranched alkanes of at least 4 members (excludes halogenated alkanes) is 15. The van der Waals surface area contributed by atoms with Crippen molar-refractivity contribution in [2.45, 2.75) is 136 Å². The lowest BCUT2D eigenvalue weighted by Gasteiger charge is -2.40. The molecule has 0 fully saturated rings. The van der Waals surface area contributed by atoms with Gasteiger partial charge in [-0.2, -0.15) is 0 Å². The van der Waals surface area contributed by atoms with Crippen molar-refractivity contribution in [1.29, 1.82) is 0 Å². The Labute approximate surface area is 280 Å². The lowest BCUT2D eigenvalue weighted by Crippen LogP contribution is -3.00. The summed E-state index contributed by atoms with van der Waals surface area (Å²) in [6, 6.07) is 0. The van der Waals surface area contributed by atoms with Crippen LogP contribution in [0.15, 0.2) is 0 Å². The summed E-state index contributed by atoms with van der Waals surface area (Å²) < 4.78 is 3.69. The summed E-state index contributed by atoms with van der Waals surface area (Å²) in [7, 11) is 12.5. The van der Waals surface area contributed by atoms with Gasteiger partial charge in [0.25, 0.3) is 0 Å². The second-order valence-corrected chi connectivity index (χ2v) is 13.9. The van der Waals surface area contributed by atoms with E-state index in [2.05, 4.69) is 56.0 Å². The molecule has 242 valence electrons. The fourth-order valence-electron chi connectivity index (χ4n) is 5.50. The minimum Gasteiger partial charge on any atom is -1.00 e. The van der Waals surface area contributed by atoms with Crippen LogP contribution in [-0.2, 0) is 0 Å². The number of rotatable bonds is 27. The molecule has 0 aliphatic rings. The number of hydrogen-bond donors (Lipinski definition) is 0. The van der Waals surface area contributed by atoms with Gasteiger partial charge in [-0.15, -0.1) is 0 Å². The van der Waals surface area contributed by atoms with Crippen molar-refractivity contribution in [3.63, 3.8) is 0 Å². The Morgan fingerprint density at radius 3 is 0.846 bits per heavy atom. The molecule has 0 atom stereocenters. The highest BCUT2D eigenvalue weighted by molar-refractivity contribution is 4.50. The Kier molecular flexibility index (Phi) is 35.6. The maximum atomic E-state index is 2.58. The summed E-state index contributed by atoms with van der Waals surface area (Å²) in [6.45, 7) is 16.4. The van der Waals surface area contributed by atoms with Crippen LogP contribution in [0, 0.1) is 0 Å². The first-order valence-corrected chi connectivity index (χ1v) is 16.6. The summed E-state index contributed by atoms with van der Waals surface area (Å²) in [4.78, 5) is 0. The van der Waals surface area contributed by atoms with E-state index >= 15 is 0 Å². The quantitative estimate of drug-likeness (QED) is 0.0799. The van der Waals surface area contributed by atoms with Gasteiger partial charge >= 0.3 is 0 Å². The number of likely N-dealkylation sites (N-methyl/N-ethyl adjacent to an activating group) is 3. The van der Waals surface area contributed by atoms with Crippen molar-refractivity contribution >= 4 is 0 Å². The zero-order chi connectivity index (χ0) is 27.2. The number of hydrogen-bond acceptors (Lipinski definition) is 0. The van der Waals surface area contributed by atoms with Crippen LogP contribution in [0.25, 0.3) is 0 Å². The minimum atomic E-state index is 0.